The van der Waals surface area contributed by atoms with Crippen molar-refractivity contribution < 1.29 is 14.3 Å². The Morgan fingerprint density at radius 2 is 1.71 bits per heavy atom. The van der Waals surface area contributed by atoms with Crippen molar-refractivity contribution in [1.82, 2.24) is 9.38 Å². The van der Waals surface area contributed by atoms with Crippen LogP contribution in [0.4, 0.5) is 5.69 Å². The second-order valence-corrected chi connectivity index (χ2v) is 8.32. The number of fused-ring (bicyclic) bond motifs is 1. The predicted molar refractivity (Wildman–Crippen MR) is 132 cm³/mol. The number of carbonyl (C=O) groups is 1. The third-order valence-corrected chi connectivity index (χ3v) is 5.64. The van der Waals surface area contributed by atoms with Crippen molar-refractivity contribution in [1.29, 1.82) is 0 Å². The van der Waals surface area contributed by atoms with Crippen molar-refractivity contribution >= 4 is 17.2 Å². The number of nitrogens with one attached hydrogen (secondary N) is 1. The van der Waals surface area contributed by atoms with E-state index >= 15 is 0 Å². The van der Waals surface area contributed by atoms with Crippen molar-refractivity contribution in [2.75, 3.05) is 11.9 Å². The summed E-state index contributed by atoms with van der Waals surface area (Å²) >= 11 is 0. The van der Waals surface area contributed by atoms with E-state index in [1.807, 2.05) is 64.1 Å². The molecule has 4 aromatic rings. The standard InChI is InChI=1S/C27H27N3O4/c1-17-8-10-23(12-20(17)4)33-16-25(31)28-21-9-7-18(2)24(13-21)34-15-22-14-26(32)30-11-5-6-19(3)27(30)29-22/h5-14H,15-16H2,1-4H3,(H,28,31). The minimum Gasteiger partial charge on any atom is -0.487 e. The Balaban J connectivity index is 1.41. The Morgan fingerprint density at radius 1 is 0.912 bits per heavy atom. The van der Waals surface area contributed by atoms with Gasteiger partial charge in [-0.05, 0) is 74.2 Å². The second kappa shape index (κ2) is 9.79. The van der Waals surface area contributed by atoms with E-state index in [1.54, 1.807) is 18.3 Å². The SMILES string of the molecule is Cc1ccc(OCC(=O)Nc2ccc(C)c(OCc3cc(=O)n4cccc(C)c4n3)c2)cc1C. The lowest BCUT2D eigenvalue weighted by molar-refractivity contribution is -0.118. The molecule has 174 valence electrons. The monoisotopic (exact) mass is 457 g/mol. The van der Waals surface area contributed by atoms with Gasteiger partial charge in [0.1, 0.15) is 23.8 Å². The number of hydrogen-bond donors (Lipinski definition) is 1. The highest BCUT2D eigenvalue weighted by atomic mass is 16.5. The first-order valence-corrected chi connectivity index (χ1v) is 11.0. The van der Waals surface area contributed by atoms with Crippen molar-refractivity contribution in [2.24, 2.45) is 0 Å². The Labute approximate surface area is 198 Å². The number of carbonyl (C=O) groups excluding carboxylic acids is 1. The molecule has 2 aromatic heterocycles. The zero-order valence-electron chi connectivity index (χ0n) is 19.7. The first-order valence-electron chi connectivity index (χ1n) is 11.0. The highest BCUT2D eigenvalue weighted by molar-refractivity contribution is 5.92. The van der Waals surface area contributed by atoms with Gasteiger partial charge in [0.2, 0.25) is 0 Å². The van der Waals surface area contributed by atoms with Gasteiger partial charge in [0.15, 0.2) is 6.61 Å². The van der Waals surface area contributed by atoms with Crippen molar-refractivity contribution in [3.05, 3.63) is 99.1 Å². The molecule has 0 saturated carbocycles. The smallest absolute Gasteiger partial charge is 0.262 e. The molecule has 34 heavy (non-hydrogen) atoms. The predicted octanol–water partition coefficient (Wildman–Crippen LogP) is 4.52. The zero-order chi connectivity index (χ0) is 24.2. The van der Waals surface area contributed by atoms with Gasteiger partial charge < -0.3 is 14.8 Å². The van der Waals surface area contributed by atoms with Gasteiger partial charge in [-0.3, -0.25) is 14.0 Å². The van der Waals surface area contributed by atoms with Gasteiger partial charge in [0.05, 0.1) is 5.69 Å². The molecule has 0 unspecified atom stereocenters. The van der Waals surface area contributed by atoms with Gasteiger partial charge in [0, 0.05) is 24.0 Å². The van der Waals surface area contributed by atoms with Gasteiger partial charge in [-0.1, -0.05) is 18.2 Å². The number of aryl methyl sites for hydroxylation is 4. The maximum absolute atomic E-state index is 12.4. The number of amides is 1. The van der Waals surface area contributed by atoms with Crippen LogP contribution in [0.1, 0.15) is 27.9 Å². The lowest BCUT2D eigenvalue weighted by atomic mass is 10.1. The lowest BCUT2D eigenvalue weighted by Crippen LogP contribution is -2.20. The molecule has 0 saturated heterocycles. The molecule has 1 amide bonds. The third kappa shape index (κ3) is 5.26. The normalized spacial score (nSPS) is 10.8. The average molecular weight is 458 g/mol. The molecular formula is C27H27N3O4. The molecule has 0 aliphatic rings. The summed E-state index contributed by atoms with van der Waals surface area (Å²) in [7, 11) is 0. The fourth-order valence-corrected chi connectivity index (χ4v) is 3.52. The van der Waals surface area contributed by atoms with Crippen molar-refractivity contribution in [3.63, 3.8) is 0 Å². The fraction of sp³-hybridized carbons (Fsp3) is 0.222. The van der Waals surface area contributed by atoms with E-state index in [1.165, 1.54) is 16.0 Å². The van der Waals surface area contributed by atoms with Crippen molar-refractivity contribution in [2.45, 2.75) is 34.3 Å². The van der Waals surface area contributed by atoms with Crippen molar-refractivity contribution in [3.8, 4) is 11.5 Å². The molecule has 0 aliphatic heterocycles. The third-order valence-electron chi connectivity index (χ3n) is 5.64. The van der Waals surface area contributed by atoms with Gasteiger partial charge >= 0.3 is 0 Å². The van der Waals surface area contributed by atoms with E-state index in [4.69, 9.17) is 9.47 Å². The molecule has 0 fully saturated rings. The zero-order valence-corrected chi connectivity index (χ0v) is 19.7. The van der Waals surface area contributed by atoms with E-state index in [-0.39, 0.29) is 24.7 Å². The Bertz CT molecular complexity index is 1430. The molecule has 0 atom stereocenters. The first-order chi connectivity index (χ1) is 16.3. The fourth-order valence-electron chi connectivity index (χ4n) is 3.52. The number of nitrogens with zero attached hydrogens (tertiary/aromatic N) is 2. The molecule has 1 N–H and O–H groups in total. The lowest BCUT2D eigenvalue weighted by Gasteiger charge is -2.13. The highest BCUT2D eigenvalue weighted by Crippen LogP contribution is 2.24. The molecule has 7 nitrogen and oxygen atoms in total. The summed E-state index contributed by atoms with van der Waals surface area (Å²) in [6.07, 6.45) is 1.70. The molecule has 2 aromatic carbocycles. The maximum atomic E-state index is 12.4. The summed E-state index contributed by atoms with van der Waals surface area (Å²) in [6.45, 7) is 7.88. The number of aromatic nitrogens is 2. The number of hydrogen-bond acceptors (Lipinski definition) is 5. The van der Waals surface area contributed by atoms with Crippen LogP contribution in [0, 0.1) is 27.7 Å². The quantitative estimate of drug-likeness (QED) is 0.441. The number of ether oxygens (including phenoxy) is 2. The minimum absolute atomic E-state index is 0.100. The van der Waals surface area contributed by atoms with Crippen LogP contribution in [0.15, 0.2) is 65.6 Å². The number of benzene rings is 2. The average Bonchev–Trinajstić information content (AvgIpc) is 2.81. The summed E-state index contributed by atoms with van der Waals surface area (Å²) < 4.78 is 13.1. The van der Waals surface area contributed by atoms with Crippen LogP contribution in [0.2, 0.25) is 0 Å². The topological polar surface area (TPSA) is 81.9 Å². The number of anilines is 1. The molecule has 0 aliphatic carbocycles. The number of pyridine rings is 1. The highest BCUT2D eigenvalue weighted by Gasteiger charge is 2.09. The largest absolute Gasteiger partial charge is 0.487 e. The first kappa shape index (κ1) is 23.0. The van der Waals surface area contributed by atoms with Crippen LogP contribution in [-0.4, -0.2) is 21.9 Å². The summed E-state index contributed by atoms with van der Waals surface area (Å²) in [4.78, 5) is 29.4. The molecule has 2 heterocycles. The molecule has 0 bridgehead atoms. The Hall–Kier alpha value is -4.13. The van der Waals surface area contributed by atoms with Gasteiger partial charge in [0.25, 0.3) is 11.5 Å². The molecular weight excluding hydrogens is 430 g/mol. The molecule has 0 spiro atoms. The Kier molecular flexibility index (Phi) is 6.63. The van der Waals surface area contributed by atoms with Crippen LogP contribution in [0.5, 0.6) is 11.5 Å². The minimum atomic E-state index is -0.271. The van der Waals surface area contributed by atoms with Crippen LogP contribution >= 0.6 is 0 Å². The van der Waals surface area contributed by atoms with E-state index in [0.717, 1.165) is 16.7 Å². The summed E-state index contributed by atoms with van der Waals surface area (Å²) in [5.74, 6) is 0.979. The van der Waals surface area contributed by atoms with Crippen LogP contribution in [0.25, 0.3) is 5.65 Å². The van der Waals surface area contributed by atoms with E-state index in [0.29, 0.717) is 28.5 Å². The van der Waals surface area contributed by atoms with Gasteiger partial charge in [-0.25, -0.2) is 4.98 Å². The Morgan fingerprint density at radius 3 is 2.50 bits per heavy atom. The summed E-state index contributed by atoms with van der Waals surface area (Å²) in [5.41, 5.74) is 5.67. The van der Waals surface area contributed by atoms with E-state index in [9.17, 15) is 9.59 Å². The van der Waals surface area contributed by atoms with E-state index in [2.05, 4.69) is 10.3 Å². The van der Waals surface area contributed by atoms with Gasteiger partial charge in [-0.2, -0.15) is 0 Å². The summed E-state index contributed by atoms with van der Waals surface area (Å²) in [5, 5.41) is 2.83. The summed E-state index contributed by atoms with van der Waals surface area (Å²) in [6, 6.07) is 16.3. The van der Waals surface area contributed by atoms with Gasteiger partial charge in [-0.15, -0.1) is 0 Å². The number of rotatable bonds is 7. The molecule has 0 radical (unpaired) electrons. The van der Waals surface area contributed by atoms with Crippen LogP contribution in [-0.2, 0) is 11.4 Å². The molecule has 4 rings (SSSR count). The van der Waals surface area contributed by atoms with E-state index < -0.39 is 0 Å². The van der Waals surface area contributed by atoms with Crippen LogP contribution < -0.4 is 20.3 Å². The maximum Gasteiger partial charge on any atom is 0.262 e. The van der Waals surface area contributed by atoms with Crippen LogP contribution in [0.3, 0.4) is 0 Å². The second-order valence-electron chi connectivity index (χ2n) is 8.32. The molecule has 7 heteroatoms.